The van der Waals surface area contributed by atoms with Crippen molar-refractivity contribution in [1.29, 1.82) is 0 Å². The van der Waals surface area contributed by atoms with Crippen LogP contribution in [0.3, 0.4) is 0 Å². The molecule has 0 saturated carbocycles. The third kappa shape index (κ3) is 2.70. The van der Waals surface area contributed by atoms with Gasteiger partial charge in [-0.15, -0.1) is 0 Å². The summed E-state index contributed by atoms with van der Waals surface area (Å²) in [5, 5.41) is 6.31. The van der Waals surface area contributed by atoms with Crippen LogP contribution in [-0.4, -0.2) is 18.6 Å². The van der Waals surface area contributed by atoms with Gasteiger partial charge in [-0.1, -0.05) is 15.9 Å². The number of aromatic nitrogens is 2. The Labute approximate surface area is 112 Å². The van der Waals surface area contributed by atoms with Gasteiger partial charge in [-0.3, -0.25) is 9.82 Å². The summed E-state index contributed by atoms with van der Waals surface area (Å²) in [6.07, 6.45) is 0. The molecule has 0 aliphatic heterocycles. The van der Waals surface area contributed by atoms with Crippen molar-refractivity contribution in [1.82, 2.24) is 10.2 Å². The van der Waals surface area contributed by atoms with Gasteiger partial charge in [0.1, 0.15) is 10.7 Å². The van der Waals surface area contributed by atoms with Gasteiger partial charge in [0.25, 0.3) is 10.0 Å². The normalized spacial score (nSPS) is 11.5. The van der Waals surface area contributed by atoms with Crippen LogP contribution in [0.1, 0.15) is 5.69 Å². The molecule has 0 radical (unpaired) electrons. The summed E-state index contributed by atoms with van der Waals surface area (Å²) in [7, 11) is -3.98. The Morgan fingerprint density at radius 3 is 2.67 bits per heavy atom. The van der Waals surface area contributed by atoms with Gasteiger partial charge in [-0.2, -0.15) is 5.10 Å². The molecule has 0 fully saturated rings. The number of benzene rings is 1. The van der Waals surface area contributed by atoms with Crippen molar-refractivity contribution in [3.8, 4) is 0 Å². The summed E-state index contributed by atoms with van der Waals surface area (Å²) >= 11 is 3.06. The number of aromatic amines is 1. The summed E-state index contributed by atoms with van der Waals surface area (Å²) in [5.41, 5.74) is 0.698. The summed E-state index contributed by atoms with van der Waals surface area (Å²) < 4.78 is 40.1. The van der Waals surface area contributed by atoms with Crippen LogP contribution in [0.25, 0.3) is 0 Å². The van der Waals surface area contributed by atoms with Crippen molar-refractivity contribution in [2.45, 2.75) is 11.8 Å². The van der Waals surface area contributed by atoms with Crippen molar-refractivity contribution in [2.75, 3.05) is 4.72 Å². The highest BCUT2D eigenvalue weighted by molar-refractivity contribution is 9.10. The molecule has 2 aromatic rings. The van der Waals surface area contributed by atoms with E-state index in [0.29, 0.717) is 10.2 Å². The Balaban J connectivity index is 2.36. The molecule has 0 unspecified atom stereocenters. The van der Waals surface area contributed by atoms with E-state index in [9.17, 15) is 12.8 Å². The average molecular weight is 334 g/mol. The summed E-state index contributed by atoms with van der Waals surface area (Å²) in [6, 6.07) is 5.23. The van der Waals surface area contributed by atoms with Crippen LogP contribution in [0.2, 0.25) is 0 Å². The zero-order valence-electron chi connectivity index (χ0n) is 9.24. The summed E-state index contributed by atoms with van der Waals surface area (Å²) in [5.74, 6) is -0.709. The number of sulfonamides is 1. The Hall–Kier alpha value is -1.41. The number of halogens is 2. The van der Waals surface area contributed by atoms with Crippen LogP contribution in [0.15, 0.2) is 33.6 Å². The van der Waals surface area contributed by atoms with Gasteiger partial charge in [0.05, 0.1) is 0 Å². The first-order chi connectivity index (χ1) is 8.38. The molecule has 18 heavy (non-hydrogen) atoms. The predicted octanol–water partition coefficient (Wildman–Crippen LogP) is 2.42. The molecule has 1 aromatic heterocycles. The van der Waals surface area contributed by atoms with Gasteiger partial charge in [-0.05, 0) is 25.1 Å². The number of H-pyrrole nitrogens is 1. The molecule has 1 aromatic carbocycles. The second-order valence-corrected chi connectivity index (χ2v) is 6.18. The van der Waals surface area contributed by atoms with E-state index in [1.165, 1.54) is 18.2 Å². The van der Waals surface area contributed by atoms with E-state index >= 15 is 0 Å². The highest BCUT2D eigenvalue weighted by Crippen LogP contribution is 2.21. The van der Waals surface area contributed by atoms with Crippen LogP contribution in [0.4, 0.5) is 10.2 Å². The van der Waals surface area contributed by atoms with Gasteiger partial charge in [0.15, 0.2) is 5.82 Å². The maximum absolute atomic E-state index is 13.6. The topological polar surface area (TPSA) is 74.8 Å². The van der Waals surface area contributed by atoms with E-state index in [1.54, 1.807) is 6.92 Å². The van der Waals surface area contributed by atoms with Crippen LogP contribution in [-0.2, 0) is 10.0 Å². The highest BCUT2D eigenvalue weighted by Gasteiger charge is 2.20. The van der Waals surface area contributed by atoms with Gasteiger partial charge >= 0.3 is 0 Å². The fourth-order valence-electron chi connectivity index (χ4n) is 1.36. The number of aryl methyl sites for hydroxylation is 1. The van der Waals surface area contributed by atoms with Crippen LogP contribution < -0.4 is 4.72 Å². The molecule has 0 spiro atoms. The lowest BCUT2D eigenvalue weighted by Gasteiger charge is -2.06. The summed E-state index contributed by atoms with van der Waals surface area (Å²) in [6.45, 7) is 1.73. The minimum absolute atomic E-state index is 0.120. The second-order valence-electron chi connectivity index (χ2n) is 3.62. The van der Waals surface area contributed by atoms with Crippen molar-refractivity contribution in [2.24, 2.45) is 0 Å². The monoisotopic (exact) mass is 333 g/mol. The zero-order chi connectivity index (χ0) is 13.3. The van der Waals surface area contributed by atoms with Gasteiger partial charge in [-0.25, -0.2) is 12.8 Å². The van der Waals surface area contributed by atoms with E-state index in [0.717, 1.165) is 6.07 Å². The fraction of sp³-hybridized carbons (Fsp3) is 0.100. The van der Waals surface area contributed by atoms with E-state index in [1.807, 2.05) is 0 Å². The van der Waals surface area contributed by atoms with Crippen LogP contribution in [0.5, 0.6) is 0 Å². The van der Waals surface area contributed by atoms with Crippen molar-refractivity contribution in [3.05, 3.63) is 40.2 Å². The minimum atomic E-state index is -3.98. The molecule has 0 aliphatic rings. The average Bonchev–Trinajstić information content (AvgIpc) is 2.62. The highest BCUT2D eigenvalue weighted by atomic mass is 79.9. The van der Waals surface area contributed by atoms with Crippen molar-refractivity contribution >= 4 is 31.8 Å². The number of hydrogen-bond acceptors (Lipinski definition) is 3. The zero-order valence-corrected chi connectivity index (χ0v) is 11.6. The predicted molar refractivity (Wildman–Crippen MR) is 68.2 cm³/mol. The van der Waals surface area contributed by atoms with Crippen LogP contribution in [0, 0.1) is 12.7 Å². The molecule has 5 nitrogen and oxygen atoms in total. The molecule has 8 heteroatoms. The maximum atomic E-state index is 13.6. The second kappa shape index (κ2) is 4.69. The Kier molecular flexibility index (Phi) is 3.40. The Morgan fingerprint density at radius 2 is 2.11 bits per heavy atom. The largest absolute Gasteiger partial charge is 0.281 e. The lowest BCUT2D eigenvalue weighted by Crippen LogP contribution is -2.14. The standard InChI is InChI=1S/C10H9BrFN3O2S/c1-6-4-10(14-13-6)15-18(16,17)9-3-2-7(11)5-8(9)12/h2-5H,1H3,(H2,13,14,15). The fourth-order valence-corrected chi connectivity index (χ4v) is 2.74. The molecule has 96 valence electrons. The number of nitrogens with zero attached hydrogens (tertiary/aromatic N) is 1. The molecule has 1 heterocycles. The first-order valence-corrected chi connectivity index (χ1v) is 7.16. The quantitative estimate of drug-likeness (QED) is 0.905. The smallest absolute Gasteiger partial charge is 0.266 e. The van der Waals surface area contributed by atoms with Gasteiger partial charge < -0.3 is 0 Å². The molecular formula is C10H9BrFN3O2S. The lowest BCUT2D eigenvalue weighted by molar-refractivity contribution is 0.569. The van der Waals surface area contributed by atoms with Crippen molar-refractivity contribution in [3.63, 3.8) is 0 Å². The molecule has 2 N–H and O–H groups in total. The molecule has 0 saturated heterocycles. The number of rotatable bonds is 3. The SMILES string of the molecule is Cc1cc(NS(=O)(=O)c2ccc(Br)cc2F)n[nH]1. The lowest BCUT2D eigenvalue weighted by atomic mass is 10.3. The molecule has 0 bridgehead atoms. The first kappa shape index (κ1) is 13.0. The molecule has 2 rings (SSSR count). The van der Waals surface area contributed by atoms with E-state index in [4.69, 9.17) is 0 Å². The van der Waals surface area contributed by atoms with E-state index in [2.05, 4.69) is 30.8 Å². The summed E-state index contributed by atoms with van der Waals surface area (Å²) in [4.78, 5) is -0.425. The van der Waals surface area contributed by atoms with E-state index in [-0.39, 0.29) is 5.82 Å². The third-order valence-electron chi connectivity index (χ3n) is 2.13. The van der Waals surface area contributed by atoms with Gasteiger partial charge in [0, 0.05) is 16.2 Å². The van der Waals surface area contributed by atoms with E-state index < -0.39 is 20.7 Å². The van der Waals surface area contributed by atoms with Crippen LogP contribution >= 0.6 is 15.9 Å². The van der Waals surface area contributed by atoms with Gasteiger partial charge in [0.2, 0.25) is 0 Å². The van der Waals surface area contributed by atoms with Crippen molar-refractivity contribution < 1.29 is 12.8 Å². The molecule has 0 amide bonds. The molecular weight excluding hydrogens is 325 g/mol. The Bertz CT molecular complexity index is 684. The number of anilines is 1. The number of nitrogens with one attached hydrogen (secondary N) is 2. The molecule has 0 aliphatic carbocycles. The number of hydrogen-bond donors (Lipinski definition) is 2. The first-order valence-electron chi connectivity index (χ1n) is 4.88. The molecule has 0 atom stereocenters. The third-order valence-corrected chi connectivity index (χ3v) is 4.01. The minimum Gasteiger partial charge on any atom is -0.281 e. The maximum Gasteiger partial charge on any atom is 0.266 e. The Morgan fingerprint density at radius 1 is 1.39 bits per heavy atom.